The molecule has 2 aromatic carbocycles. The number of nitrogens with one attached hydrogen (secondary N) is 1. The first-order valence-corrected chi connectivity index (χ1v) is 8.30. The topological polar surface area (TPSA) is 73.9 Å². The van der Waals surface area contributed by atoms with Crippen molar-refractivity contribution in [1.29, 1.82) is 0 Å². The first-order chi connectivity index (χ1) is 12.0. The van der Waals surface area contributed by atoms with Crippen LogP contribution in [0.1, 0.15) is 17.3 Å². The largest absolute Gasteiger partial charge is 0.490 e. The number of ether oxygens (including phenoxy) is 3. The van der Waals surface area contributed by atoms with E-state index in [1.807, 2.05) is 0 Å². The molecule has 1 N–H and O–H groups in total. The minimum atomic E-state index is -0.489. The summed E-state index contributed by atoms with van der Waals surface area (Å²) in [5, 5.41) is 2.64. The predicted molar refractivity (Wildman–Crippen MR) is 97.2 cm³/mol. The molecule has 7 heteroatoms. The number of halogens is 1. The van der Waals surface area contributed by atoms with E-state index in [2.05, 4.69) is 21.2 Å². The van der Waals surface area contributed by atoms with Crippen LogP contribution in [0.25, 0.3) is 0 Å². The maximum atomic E-state index is 12.2. The summed E-state index contributed by atoms with van der Waals surface area (Å²) in [6, 6.07) is 11.5. The van der Waals surface area contributed by atoms with Crippen molar-refractivity contribution >= 4 is 33.5 Å². The zero-order valence-electron chi connectivity index (χ0n) is 13.9. The Morgan fingerprint density at radius 1 is 1.08 bits per heavy atom. The van der Waals surface area contributed by atoms with Crippen LogP contribution in [0.5, 0.6) is 11.5 Å². The number of benzene rings is 2. The minimum absolute atomic E-state index is 0.164. The standard InChI is InChI=1S/C18H18BrNO5/c1-12(21)20-14-4-6-15(7-5-14)25-18(22)13-3-8-17(16(19)11-13)24-10-9-23-2/h3-8,11H,9-10H2,1-2H3,(H,20,21). The van der Waals surface area contributed by atoms with E-state index >= 15 is 0 Å². The van der Waals surface area contributed by atoms with Crippen LogP contribution in [-0.4, -0.2) is 32.2 Å². The second-order valence-electron chi connectivity index (χ2n) is 5.08. The highest BCUT2D eigenvalue weighted by Crippen LogP contribution is 2.27. The first kappa shape index (κ1) is 19.0. The van der Waals surface area contributed by atoms with E-state index in [1.54, 1.807) is 49.6 Å². The minimum Gasteiger partial charge on any atom is -0.490 e. The van der Waals surface area contributed by atoms with Crippen molar-refractivity contribution < 1.29 is 23.8 Å². The third kappa shape index (κ3) is 5.88. The van der Waals surface area contributed by atoms with Gasteiger partial charge in [0, 0.05) is 19.7 Å². The zero-order chi connectivity index (χ0) is 18.2. The zero-order valence-corrected chi connectivity index (χ0v) is 15.5. The Balaban J connectivity index is 2.00. The molecule has 0 atom stereocenters. The van der Waals surface area contributed by atoms with Crippen molar-refractivity contribution in [3.63, 3.8) is 0 Å². The molecule has 0 aliphatic carbocycles. The Morgan fingerprint density at radius 3 is 2.40 bits per heavy atom. The third-order valence-electron chi connectivity index (χ3n) is 3.10. The lowest BCUT2D eigenvalue weighted by Gasteiger charge is -2.10. The third-order valence-corrected chi connectivity index (χ3v) is 3.72. The van der Waals surface area contributed by atoms with E-state index in [0.29, 0.717) is 40.4 Å². The van der Waals surface area contributed by atoms with Crippen LogP contribution in [0.3, 0.4) is 0 Å². The van der Waals surface area contributed by atoms with Crippen LogP contribution in [0.15, 0.2) is 46.9 Å². The van der Waals surface area contributed by atoms with Gasteiger partial charge >= 0.3 is 5.97 Å². The summed E-state index contributed by atoms with van der Waals surface area (Å²) in [6.45, 7) is 2.32. The summed E-state index contributed by atoms with van der Waals surface area (Å²) >= 11 is 3.37. The van der Waals surface area contributed by atoms with E-state index in [9.17, 15) is 9.59 Å². The van der Waals surface area contributed by atoms with Gasteiger partial charge in [-0.05, 0) is 58.4 Å². The molecule has 0 aromatic heterocycles. The number of carbonyl (C=O) groups is 2. The van der Waals surface area contributed by atoms with Crippen LogP contribution in [0.2, 0.25) is 0 Å². The van der Waals surface area contributed by atoms with Crippen molar-refractivity contribution in [2.45, 2.75) is 6.92 Å². The van der Waals surface area contributed by atoms with Crippen LogP contribution >= 0.6 is 15.9 Å². The fourth-order valence-electron chi connectivity index (χ4n) is 1.96. The van der Waals surface area contributed by atoms with E-state index in [-0.39, 0.29) is 5.91 Å². The molecular weight excluding hydrogens is 390 g/mol. The van der Waals surface area contributed by atoms with Gasteiger partial charge in [-0.25, -0.2) is 4.79 Å². The molecule has 0 saturated carbocycles. The van der Waals surface area contributed by atoms with Gasteiger partial charge < -0.3 is 19.5 Å². The Morgan fingerprint density at radius 2 is 1.80 bits per heavy atom. The lowest BCUT2D eigenvalue weighted by Crippen LogP contribution is -2.10. The van der Waals surface area contributed by atoms with Gasteiger partial charge in [0.05, 0.1) is 16.6 Å². The van der Waals surface area contributed by atoms with Gasteiger partial charge in [-0.15, -0.1) is 0 Å². The molecule has 25 heavy (non-hydrogen) atoms. The molecular formula is C18H18BrNO5. The van der Waals surface area contributed by atoms with Crippen LogP contribution in [0, 0.1) is 0 Å². The number of rotatable bonds is 7. The molecule has 2 rings (SSSR count). The van der Waals surface area contributed by atoms with Crippen molar-refractivity contribution in [2.24, 2.45) is 0 Å². The molecule has 0 saturated heterocycles. The summed E-state index contributed by atoms with van der Waals surface area (Å²) in [7, 11) is 1.60. The van der Waals surface area contributed by atoms with Crippen molar-refractivity contribution in [3.05, 3.63) is 52.5 Å². The quantitative estimate of drug-likeness (QED) is 0.430. The highest BCUT2D eigenvalue weighted by molar-refractivity contribution is 9.10. The SMILES string of the molecule is COCCOc1ccc(C(=O)Oc2ccc(NC(C)=O)cc2)cc1Br. The molecule has 0 unspecified atom stereocenters. The van der Waals surface area contributed by atoms with Gasteiger partial charge in [-0.1, -0.05) is 0 Å². The lowest BCUT2D eigenvalue weighted by atomic mass is 10.2. The Kier molecular flexibility index (Phi) is 6.97. The number of anilines is 1. The molecule has 0 bridgehead atoms. The van der Waals surface area contributed by atoms with Crippen LogP contribution in [0.4, 0.5) is 5.69 Å². The lowest BCUT2D eigenvalue weighted by molar-refractivity contribution is -0.114. The fourth-order valence-corrected chi connectivity index (χ4v) is 2.45. The molecule has 132 valence electrons. The Bertz CT molecular complexity index is 746. The average Bonchev–Trinajstić information content (AvgIpc) is 2.57. The van der Waals surface area contributed by atoms with Gasteiger partial charge in [0.2, 0.25) is 5.91 Å². The monoisotopic (exact) mass is 407 g/mol. The number of carbonyl (C=O) groups excluding carboxylic acids is 2. The number of amides is 1. The second-order valence-corrected chi connectivity index (χ2v) is 5.94. The molecule has 6 nitrogen and oxygen atoms in total. The van der Waals surface area contributed by atoms with E-state index in [0.717, 1.165) is 0 Å². The Labute approximate surface area is 154 Å². The smallest absolute Gasteiger partial charge is 0.343 e. The summed E-state index contributed by atoms with van der Waals surface area (Å²) in [6.07, 6.45) is 0. The molecule has 0 spiro atoms. The molecule has 2 aromatic rings. The highest BCUT2D eigenvalue weighted by atomic mass is 79.9. The normalized spacial score (nSPS) is 10.2. The molecule has 0 heterocycles. The fraction of sp³-hybridized carbons (Fsp3) is 0.222. The van der Waals surface area contributed by atoms with Crippen molar-refractivity contribution in [2.75, 3.05) is 25.6 Å². The van der Waals surface area contributed by atoms with Crippen LogP contribution in [-0.2, 0) is 9.53 Å². The number of methoxy groups -OCH3 is 1. The summed E-state index contributed by atoms with van der Waals surface area (Å²) in [5.74, 6) is 0.350. The summed E-state index contributed by atoms with van der Waals surface area (Å²) in [5.41, 5.74) is 1.02. The molecule has 1 amide bonds. The van der Waals surface area contributed by atoms with Gasteiger partial charge in [-0.2, -0.15) is 0 Å². The van der Waals surface area contributed by atoms with Crippen molar-refractivity contribution in [3.8, 4) is 11.5 Å². The molecule has 0 aliphatic heterocycles. The van der Waals surface area contributed by atoms with Gasteiger partial charge in [0.15, 0.2) is 0 Å². The van der Waals surface area contributed by atoms with Crippen LogP contribution < -0.4 is 14.8 Å². The van der Waals surface area contributed by atoms with Gasteiger partial charge in [0.25, 0.3) is 0 Å². The van der Waals surface area contributed by atoms with Crippen molar-refractivity contribution in [1.82, 2.24) is 0 Å². The average molecular weight is 408 g/mol. The molecule has 0 aliphatic rings. The van der Waals surface area contributed by atoms with Gasteiger partial charge in [-0.3, -0.25) is 4.79 Å². The summed E-state index contributed by atoms with van der Waals surface area (Å²) in [4.78, 5) is 23.2. The number of esters is 1. The maximum absolute atomic E-state index is 12.2. The molecule has 0 fully saturated rings. The highest BCUT2D eigenvalue weighted by Gasteiger charge is 2.12. The van der Waals surface area contributed by atoms with E-state index in [1.165, 1.54) is 6.92 Å². The molecule has 0 radical (unpaired) electrons. The maximum Gasteiger partial charge on any atom is 0.343 e. The number of hydrogen-bond acceptors (Lipinski definition) is 5. The van der Waals surface area contributed by atoms with E-state index < -0.39 is 5.97 Å². The van der Waals surface area contributed by atoms with Gasteiger partial charge in [0.1, 0.15) is 18.1 Å². The van der Waals surface area contributed by atoms with E-state index in [4.69, 9.17) is 14.2 Å². The summed E-state index contributed by atoms with van der Waals surface area (Å²) < 4.78 is 16.4. The second kappa shape index (κ2) is 9.19. The predicted octanol–water partition coefficient (Wildman–Crippen LogP) is 3.65. The first-order valence-electron chi connectivity index (χ1n) is 7.50. The Hall–Kier alpha value is -2.38. The number of hydrogen-bond donors (Lipinski definition) is 1.